The normalized spacial score (nSPS) is 10.3. The van der Waals surface area contributed by atoms with Crippen LogP contribution in [0.4, 0.5) is 11.4 Å². The van der Waals surface area contributed by atoms with Crippen LogP contribution in [0, 0.1) is 17.0 Å². The van der Waals surface area contributed by atoms with Crippen LogP contribution in [0.5, 0.6) is 0 Å². The van der Waals surface area contributed by atoms with Gasteiger partial charge in [-0.2, -0.15) is 0 Å². The van der Waals surface area contributed by atoms with Gasteiger partial charge in [0.05, 0.1) is 4.92 Å². The molecule has 0 atom stereocenters. The van der Waals surface area contributed by atoms with Crippen molar-refractivity contribution in [3.63, 3.8) is 0 Å². The van der Waals surface area contributed by atoms with Crippen molar-refractivity contribution in [2.45, 2.75) is 33.2 Å². The van der Waals surface area contributed by atoms with Crippen molar-refractivity contribution in [1.29, 1.82) is 0 Å². The Labute approximate surface area is 112 Å². The quantitative estimate of drug-likeness (QED) is 0.610. The van der Waals surface area contributed by atoms with Crippen LogP contribution in [0.1, 0.15) is 25.8 Å². The molecule has 6 nitrogen and oxygen atoms in total. The van der Waals surface area contributed by atoms with Gasteiger partial charge in [0.2, 0.25) is 5.91 Å². The summed E-state index contributed by atoms with van der Waals surface area (Å²) < 4.78 is 0. The number of hydrogen-bond acceptors (Lipinski definition) is 4. The van der Waals surface area contributed by atoms with Crippen LogP contribution in [-0.4, -0.2) is 23.4 Å². The molecule has 0 aliphatic carbocycles. The van der Waals surface area contributed by atoms with E-state index in [9.17, 15) is 14.9 Å². The molecule has 0 saturated carbocycles. The molecule has 0 aliphatic rings. The molecule has 0 radical (unpaired) electrons. The first-order valence-corrected chi connectivity index (χ1v) is 6.18. The van der Waals surface area contributed by atoms with Crippen molar-refractivity contribution in [2.75, 3.05) is 11.9 Å². The number of nitrogens with zero attached hydrogens (tertiary/aromatic N) is 1. The van der Waals surface area contributed by atoms with Crippen molar-refractivity contribution >= 4 is 17.3 Å². The van der Waals surface area contributed by atoms with Crippen LogP contribution in [0.25, 0.3) is 0 Å². The highest BCUT2D eigenvalue weighted by Gasteiger charge is 2.09. The van der Waals surface area contributed by atoms with E-state index >= 15 is 0 Å². The van der Waals surface area contributed by atoms with Crippen LogP contribution in [0.3, 0.4) is 0 Å². The average Bonchev–Trinajstić information content (AvgIpc) is 2.30. The Bertz CT molecular complexity index is 472. The third-order valence-corrected chi connectivity index (χ3v) is 2.55. The van der Waals surface area contributed by atoms with Crippen LogP contribution in [0.2, 0.25) is 0 Å². The van der Waals surface area contributed by atoms with Gasteiger partial charge in [0.25, 0.3) is 5.69 Å². The van der Waals surface area contributed by atoms with Crippen molar-refractivity contribution in [3.8, 4) is 0 Å². The Morgan fingerprint density at radius 3 is 2.68 bits per heavy atom. The first kappa shape index (κ1) is 14.9. The number of benzene rings is 1. The summed E-state index contributed by atoms with van der Waals surface area (Å²) in [6, 6.07) is 4.75. The number of amides is 1. The Kier molecular flexibility index (Phi) is 5.29. The van der Waals surface area contributed by atoms with Gasteiger partial charge in [-0.25, -0.2) is 0 Å². The molecule has 0 bridgehead atoms. The molecule has 0 saturated heterocycles. The minimum atomic E-state index is -0.434. The fraction of sp³-hybridized carbons (Fsp3) is 0.462. The second-order valence-corrected chi connectivity index (χ2v) is 4.66. The largest absolute Gasteiger partial charge is 0.384 e. The van der Waals surface area contributed by atoms with Crippen molar-refractivity contribution in [3.05, 3.63) is 33.9 Å². The van der Waals surface area contributed by atoms with E-state index in [1.54, 1.807) is 6.07 Å². The summed E-state index contributed by atoms with van der Waals surface area (Å²) in [5, 5.41) is 16.5. The zero-order valence-corrected chi connectivity index (χ0v) is 11.4. The number of rotatable bonds is 6. The molecule has 2 N–H and O–H groups in total. The van der Waals surface area contributed by atoms with Gasteiger partial charge in [-0.15, -0.1) is 0 Å². The van der Waals surface area contributed by atoms with Gasteiger partial charge in [-0.1, -0.05) is 6.07 Å². The molecule has 1 aromatic rings. The summed E-state index contributed by atoms with van der Waals surface area (Å²) in [5.41, 5.74) is 1.64. The zero-order valence-electron chi connectivity index (χ0n) is 11.4. The van der Waals surface area contributed by atoms with E-state index in [4.69, 9.17) is 0 Å². The fourth-order valence-electron chi connectivity index (χ4n) is 1.62. The second-order valence-electron chi connectivity index (χ2n) is 4.66. The number of hydrogen-bond donors (Lipinski definition) is 2. The number of aryl methyl sites for hydroxylation is 1. The minimum absolute atomic E-state index is 0.0365. The van der Waals surface area contributed by atoms with E-state index in [1.807, 2.05) is 20.8 Å². The maximum atomic E-state index is 11.4. The summed E-state index contributed by atoms with van der Waals surface area (Å²) in [7, 11) is 0. The van der Waals surface area contributed by atoms with Gasteiger partial charge in [0.15, 0.2) is 0 Å². The number of nitro groups is 1. The molecule has 0 heterocycles. The number of nitrogens with one attached hydrogen (secondary N) is 2. The number of non-ortho nitro benzene ring substituents is 1. The molecule has 0 spiro atoms. The molecule has 1 aromatic carbocycles. The SMILES string of the molecule is Cc1ccc([N+](=O)[O-])cc1NCCC(=O)NC(C)C. The lowest BCUT2D eigenvalue weighted by Gasteiger charge is -2.11. The molecule has 0 aliphatic heterocycles. The van der Waals surface area contributed by atoms with Gasteiger partial charge in [0, 0.05) is 36.8 Å². The highest BCUT2D eigenvalue weighted by atomic mass is 16.6. The molecule has 19 heavy (non-hydrogen) atoms. The van der Waals surface area contributed by atoms with Crippen LogP contribution in [-0.2, 0) is 4.79 Å². The highest BCUT2D eigenvalue weighted by molar-refractivity contribution is 5.76. The van der Waals surface area contributed by atoms with E-state index in [0.717, 1.165) is 5.56 Å². The van der Waals surface area contributed by atoms with E-state index in [-0.39, 0.29) is 17.6 Å². The van der Waals surface area contributed by atoms with Crippen LogP contribution in [0.15, 0.2) is 18.2 Å². The van der Waals surface area contributed by atoms with E-state index in [2.05, 4.69) is 10.6 Å². The molecule has 1 amide bonds. The summed E-state index contributed by atoms with van der Waals surface area (Å²) in [4.78, 5) is 21.7. The molecule has 104 valence electrons. The molecule has 1 rings (SSSR count). The van der Waals surface area contributed by atoms with Gasteiger partial charge >= 0.3 is 0 Å². The molecule has 0 aromatic heterocycles. The number of anilines is 1. The van der Waals surface area contributed by atoms with Crippen molar-refractivity contribution < 1.29 is 9.72 Å². The summed E-state index contributed by atoms with van der Waals surface area (Å²) in [6.07, 6.45) is 0.334. The lowest BCUT2D eigenvalue weighted by molar-refractivity contribution is -0.384. The minimum Gasteiger partial charge on any atom is -0.384 e. The van der Waals surface area contributed by atoms with Crippen LogP contribution >= 0.6 is 0 Å². The molecule has 6 heteroatoms. The maximum absolute atomic E-state index is 11.4. The Morgan fingerprint density at radius 2 is 2.11 bits per heavy atom. The van der Waals surface area contributed by atoms with Crippen molar-refractivity contribution in [2.24, 2.45) is 0 Å². The number of carbonyl (C=O) groups is 1. The molecule has 0 unspecified atom stereocenters. The van der Waals surface area contributed by atoms with Crippen LogP contribution < -0.4 is 10.6 Å². The first-order chi connectivity index (χ1) is 8.90. The van der Waals surface area contributed by atoms with Gasteiger partial charge in [-0.05, 0) is 26.3 Å². The summed E-state index contributed by atoms with van der Waals surface area (Å²) in [6.45, 7) is 6.10. The zero-order chi connectivity index (χ0) is 14.4. The molecular formula is C13H19N3O3. The average molecular weight is 265 g/mol. The molecular weight excluding hydrogens is 246 g/mol. The van der Waals surface area contributed by atoms with Gasteiger partial charge in [-0.3, -0.25) is 14.9 Å². The monoisotopic (exact) mass is 265 g/mol. The number of carbonyl (C=O) groups excluding carboxylic acids is 1. The molecule has 0 fully saturated rings. The van der Waals surface area contributed by atoms with E-state index in [1.165, 1.54) is 12.1 Å². The van der Waals surface area contributed by atoms with E-state index in [0.29, 0.717) is 18.7 Å². The summed E-state index contributed by atoms with van der Waals surface area (Å²) in [5.74, 6) is -0.0365. The first-order valence-electron chi connectivity index (χ1n) is 6.18. The van der Waals surface area contributed by atoms with Gasteiger partial charge < -0.3 is 10.6 Å². The summed E-state index contributed by atoms with van der Waals surface area (Å²) >= 11 is 0. The fourth-order valence-corrected chi connectivity index (χ4v) is 1.62. The third-order valence-electron chi connectivity index (χ3n) is 2.55. The lowest BCUT2D eigenvalue weighted by Crippen LogP contribution is -2.31. The maximum Gasteiger partial charge on any atom is 0.271 e. The number of nitro benzene ring substituents is 1. The second kappa shape index (κ2) is 6.72. The lowest BCUT2D eigenvalue weighted by atomic mass is 10.2. The predicted octanol–water partition coefficient (Wildman–Crippen LogP) is 2.23. The topological polar surface area (TPSA) is 84.3 Å². The standard InChI is InChI=1S/C13H19N3O3/c1-9(2)15-13(17)6-7-14-12-8-11(16(18)19)5-4-10(12)3/h4-5,8-9,14H,6-7H2,1-3H3,(H,15,17). The van der Waals surface area contributed by atoms with Crippen molar-refractivity contribution in [1.82, 2.24) is 5.32 Å². The third kappa shape index (κ3) is 4.95. The Morgan fingerprint density at radius 1 is 1.42 bits per heavy atom. The Hall–Kier alpha value is -2.11. The highest BCUT2D eigenvalue weighted by Crippen LogP contribution is 2.21. The van der Waals surface area contributed by atoms with E-state index < -0.39 is 4.92 Å². The predicted molar refractivity (Wildman–Crippen MR) is 74.2 cm³/mol. The Balaban J connectivity index is 2.55. The smallest absolute Gasteiger partial charge is 0.271 e. The van der Waals surface area contributed by atoms with Gasteiger partial charge in [0.1, 0.15) is 0 Å².